The summed E-state index contributed by atoms with van der Waals surface area (Å²) in [7, 11) is 0. The summed E-state index contributed by atoms with van der Waals surface area (Å²) in [4.78, 5) is 23.7. The molecule has 0 spiro atoms. The number of carbonyl (C=O) groups excluding carboxylic acids is 2. The molecule has 2 N–H and O–H groups in total. The zero-order valence-electron chi connectivity index (χ0n) is 12.4. The Morgan fingerprint density at radius 1 is 1.30 bits per heavy atom. The van der Waals surface area contributed by atoms with Gasteiger partial charge in [-0.2, -0.15) is 0 Å². The summed E-state index contributed by atoms with van der Waals surface area (Å²) in [6.45, 7) is 1.87. The number of nitrogens with one attached hydrogen (secondary N) is 2. The number of rotatable bonds is 3. The van der Waals surface area contributed by atoms with Crippen LogP contribution in [0.25, 0.3) is 0 Å². The maximum atomic E-state index is 12.4. The number of amides is 2. The van der Waals surface area contributed by atoms with Gasteiger partial charge in [-0.3, -0.25) is 9.59 Å². The van der Waals surface area contributed by atoms with Crippen molar-refractivity contribution in [2.24, 2.45) is 0 Å². The van der Waals surface area contributed by atoms with Gasteiger partial charge in [-0.05, 0) is 42.8 Å². The van der Waals surface area contributed by atoms with E-state index >= 15 is 0 Å². The number of hydrogen-bond acceptors (Lipinski definition) is 3. The number of hydrogen-bond donors (Lipinski definition) is 2. The van der Waals surface area contributed by atoms with Crippen LogP contribution in [0.2, 0.25) is 5.02 Å². The van der Waals surface area contributed by atoms with Crippen molar-refractivity contribution in [3.05, 3.63) is 58.6 Å². The second-order valence-electron chi connectivity index (χ2n) is 5.30. The highest BCUT2D eigenvalue weighted by Gasteiger charge is 2.18. The normalized spacial score (nSPS) is 14.3. The van der Waals surface area contributed by atoms with Crippen LogP contribution in [-0.4, -0.2) is 18.4 Å². The third kappa shape index (κ3) is 3.46. The number of benzene rings is 2. The monoisotopic (exact) mass is 330 g/mol. The SMILES string of the molecule is C[C@H](NC(=O)c1ccc2c(c1)NC(=O)CO2)c1cccc(Cl)c1. The minimum atomic E-state index is -0.236. The maximum absolute atomic E-state index is 12.4. The van der Waals surface area contributed by atoms with E-state index in [1.807, 2.05) is 25.1 Å². The number of ether oxygens (including phenoxy) is 1. The highest BCUT2D eigenvalue weighted by molar-refractivity contribution is 6.30. The summed E-state index contributed by atoms with van der Waals surface area (Å²) in [6.07, 6.45) is 0. The van der Waals surface area contributed by atoms with E-state index in [4.69, 9.17) is 16.3 Å². The van der Waals surface area contributed by atoms with Crippen LogP contribution in [0, 0.1) is 0 Å². The number of halogens is 1. The molecule has 3 rings (SSSR count). The lowest BCUT2D eigenvalue weighted by atomic mass is 10.1. The molecule has 0 saturated carbocycles. The first-order chi connectivity index (χ1) is 11.0. The van der Waals surface area contributed by atoms with Crippen LogP contribution in [0.4, 0.5) is 5.69 Å². The summed E-state index contributed by atoms with van der Waals surface area (Å²) < 4.78 is 5.28. The molecular formula is C17H15ClN2O3. The molecule has 118 valence electrons. The predicted molar refractivity (Wildman–Crippen MR) is 87.9 cm³/mol. The highest BCUT2D eigenvalue weighted by Crippen LogP contribution is 2.28. The van der Waals surface area contributed by atoms with E-state index in [0.29, 0.717) is 22.0 Å². The summed E-state index contributed by atoms with van der Waals surface area (Å²) in [5.74, 6) is 0.0893. The van der Waals surface area contributed by atoms with Gasteiger partial charge >= 0.3 is 0 Å². The van der Waals surface area contributed by atoms with E-state index < -0.39 is 0 Å². The maximum Gasteiger partial charge on any atom is 0.262 e. The van der Waals surface area contributed by atoms with E-state index in [0.717, 1.165) is 5.56 Å². The lowest BCUT2D eigenvalue weighted by Gasteiger charge is -2.19. The Labute approximate surface area is 138 Å². The van der Waals surface area contributed by atoms with Gasteiger partial charge in [0.05, 0.1) is 11.7 Å². The zero-order chi connectivity index (χ0) is 16.4. The van der Waals surface area contributed by atoms with Crippen molar-refractivity contribution in [1.82, 2.24) is 5.32 Å². The molecule has 2 aromatic rings. The predicted octanol–water partition coefficient (Wildman–Crippen LogP) is 3.16. The quantitative estimate of drug-likeness (QED) is 0.908. The van der Waals surface area contributed by atoms with Crippen molar-refractivity contribution >= 4 is 29.1 Å². The number of anilines is 1. The van der Waals surface area contributed by atoms with Crippen molar-refractivity contribution in [1.29, 1.82) is 0 Å². The molecule has 0 saturated heterocycles. The van der Waals surface area contributed by atoms with Gasteiger partial charge in [0.25, 0.3) is 11.8 Å². The summed E-state index contributed by atoms with van der Waals surface area (Å²) in [5, 5.41) is 6.22. The fraction of sp³-hybridized carbons (Fsp3) is 0.176. The fourth-order valence-electron chi connectivity index (χ4n) is 2.36. The molecule has 1 aliphatic heterocycles. The second-order valence-corrected chi connectivity index (χ2v) is 5.73. The molecule has 0 unspecified atom stereocenters. The highest BCUT2D eigenvalue weighted by atomic mass is 35.5. The first-order valence-corrected chi connectivity index (χ1v) is 7.54. The molecule has 1 atom stereocenters. The third-order valence-corrected chi connectivity index (χ3v) is 3.81. The Bertz CT molecular complexity index is 776. The van der Waals surface area contributed by atoms with E-state index in [1.54, 1.807) is 24.3 Å². The van der Waals surface area contributed by atoms with Gasteiger partial charge in [-0.25, -0.2) is 0 Å². The second kappa shape index (κ2) is 6.30. The molecule has 0 aromatic heterocycles. The average Bonchev–Trinajstić information content (AvgIpc) is 2.54. The minimum Gasteiger partial charge on any atom is -0.482 e. The summed E-state index contributed by atoms with van der Waals surface area (Å²) in [6, 6.07) is 12.1. The van der Waals surface area contributed by atoms with Gasteiger partial charge in [-0.1, -0.05) is 23.7 Å². The third-order valence-electron chi connectivity index (χ3n) is 3.57. The smallest absolute Gasteiger partial charge is 0.262 e. The largest absolute Gasteiger partial charge is 0.482 e. The van der Waals surface area contributed by atoms with Gasteiger partial charge in [0.2, 0.25) is 0 Å². The molecule has 2 amide bonds. The van der Waals surface area contributed by atoms with E-state index in [1.165, 1.54) is 0 Å². The minimum absolute atomic E-state index is 0.00958. The molecule has 23 heavy (non-hydrogen) atoms. The Balaban J connectivity index is 1.76. The fourth-order valence-corrected chi connectivity index (χ4v) is 2.56. The summed E-state index contributed by atoms with van der Waals surface area (Å²) in [5.41, 5.74) is 1.87. The Hall–Kier alpha value is -2.53. The molecule has 0 aliphatic carbocycles. The lowest BCUT2D eigenvalue weighted by Crippen LogP contribution is -2.28. The standard InChI is InChI=1S/C17H15ClN2O3/c1-10(11-3-2-4-13(18)7-11)19-17(22)12-5-6-15-14(8-12)20-16(21)9-23-15/h2-8,10H,9H2,1H3,(H,19,22)(H,20,21)/t10-/m0/s1. The molecular weight excluding hydrogens is 316 g/mol. The molecule has 1 aliphatic rings. The molecule has 2 aromatic carbocycles. The first-order valence-electron chi connectivity index (χ1n) is 7.16. The Morgan fingerprint density at radius 2 is 2.13 bits per heavy atom. The Morgan fingerprint density at radius 3 is 2.91 bits per heavy atom. The van der Waals surface area contributed by atoms with Gasteiger partial charge in [0, 0.05) is 10.6 Å². The Kier molecular flexibility index (Phi) is 4.21. The first kappa shape index (κ1) is 15.4. The molecule has 0 radical (unpaired) electrons. The van der Waals surface area contributed by atoms with Crippen molar-refractivity contribution in [3.8, 4) is 5.75 Å². The van der Waals surface area contributed by atoms with Crippen molar-refractivity contribution in [2.45, 2.75) is 13.0 Å². The topological polar surface area (TPSA) is 67.4 Å². The lowest BCUT2D eigenvalue weighted by molar-refractivity contribution is -0.118. The van der Waals surface area contributed by atoms with E-state index in [-0.39, 0.29) is 24.5 Å². The van der Waals surface area contributed by atoms with Gasteiger partial charge in [0.1, 0.15) is 5.75 Å². The van der Waals surface area contributed by atoms with Crippen LogP contribution in [0.1, 0.15) is 28.9 Å². The molecule has 0 bridgehead atoms. The molecule has 5 nitrogen and oxygen atoms in total. The van der Waals surface area contributed by atoms with Gasteiger partial charge in [0.15, 0.2) is 6.61 Å². The van der Waals surface area contributed by atoms with Gasteiger partial charge < -0.3 is 15.4 Å². The van der Waals surface area contributed by atoms with Crippen LogP contribution in [0.5, 0.6) is 5.75 Å². The van der Waals surface area contributed by atoms with Crippen molar-refractivity contribution < 1.29 is 14.3 Å². The summed E-state index contributed by atoms with van der Waals surface area (Å²) >= 11 is 5.97. The molecule has 6 heteroatoms. The van der Waals surface area contributed by atoms with Crippen LogP contribution in [0.3, 0.4) is 0 Å². The zero-order valence-corrected chi connectivity index (χ0v) is 13.2. The average molecular weight is 331 g/mol. The van der Waals surface area contributed by atoms with Crippen LogP contribution < -0.4 is 15.4 Å². The van der Waals surface area contributed by atoms with Crippen LogP contribution in [-0.2, 0) is 4.79 Å². The number of fused-ring (bicyclic) bond motifs is 1. The van der Waals surface area contributed by atoms with E-state index in [9.17, 15) is 9.59 Å². The van der Waals surface area contributed by atoms with E-state index in [2.05, 4.69) is 10.6 Å². The van der Waals surface area contributed by atoms with Crippen molar-refractivity contribution in [3.63, 3.8) is 0 Å². The molecule has 0 fully saturated rings. The number of carbonyl (C=O) groups is 2. The van der Waals surface area contributed by atoms with Crippen LogP contribution in [0.15, 0.2) is 42.5 Å². The van der Waals surface area contributed by atoms with Gasteiger partial charge in [-0.15, -0.1) is 0 Å². The molecule has 1 heterocycles. The van der Waals surface area contributed by atoms with Crippen LogP contribution >= 0.6 is 11.6 Å². The van der Waals surface area contributed by atoms with Crippen molar-refractivity contribution in [2.75, 3.05) is 11.9 Å².